The molecule has 2 aromatic rings. The molecule has 5 nitrogen and oxygen atoms in total. The van der Waals surface area contributed by atoms with Crippen LogP contribution >= 0.6 is 0 Å². The molecule has 23 heavy (non-hydrogen) atoms. The molecule has 0 unspecified atom stereocenters. The van der Waals surface area contributed by atoms with Crippen molar-refractivity contribution in [2.75, 3.05) is 12.4 Å². The second-order valence-electron chi connectivity index (χ2n) is 6.27. The van der Waals surface area contributed by atoms with E-state index in [1.807, 2.05) is 24.3 Å². The molecule has 118 valence electrons. The number of ketones is 1. The number of aromatic nitrogens is 2. The topological polar surface area (TPSA) is 64.1 Å². The molecular weight excluding hydrogens is 290 g/mol. The number of nitrogens with zero attached hydrogens (tertiary/aromatic N) is 2. The Kier molecular flexibility index (Phi) is 3.48. The van der Waals surface area contributed by atoms with Crippen molar-refractivity contribution in [3.63, 3.8) is 0 Å². The van der Waals surface area contributed by atoms with Gasteiger partial charge in [0.15, 0.2) is 5.78 Å². The van der Waals surface area contributed by atoms with Crippen LogP contribution in [0.2, 0.25) is 0 Å². The van der Waals surface area contributed by atoms with Crippen LogP contribution in [0.25, 0.3) is 0 Å². The van der Waals surface area contributed by atoms with Crippen molar-refractivity contribution in [3.05, 3.63) is 47.3 Å². The lowest BCUT2D eigenvalue weighted by atomic mass is 9.82. The summed E-state index contributed by atoms with van der Waals surface area (Å²) in [6, 6.07) is 8.45. The minimum absolute atomic E-state index is 0.130. The van der Waals surface area contributed by atoms with Gasteiger partial charge in [-0.3, -0.25) is 4.79 Å². The Morgan fingerprint density at radius 1 is 1.17 bits per heavy atom. The van der Waals surface area contributed by atoms with Gasteiger partial charge in [-0.15, -0.1) is 0 Å². The molecular formula is C18H19N3O2. The van der Waals surface area contributed by atoms with Crippen molar-refractivity contribution in [1.82, 2.24) is 9.97 Å². The highest BCUT2D eigenvalue weighted by Crippen LogP contribution is 2.33. The van der Waals surface area contributed by atoms with Gasteiger partial charge in [0.2, 0.25) is 5.95 Å². The van der Waals surface area contributed by atoms with Gasteiger partial charge in [0.25, 0.3) is 0 Å². The molecule has 1 heterocycles. The second kappa shape index (κ2) is 5.65. The molecule has 0 amide bonds. The first kappa shape index (κ1) is 14.2. The highest BCUT2D eigenvalue weighted by atomic mass is 16.5. The normalized spacial score (nSPS) is 20.0. The molecule has 1 aromatic heterocycles. The third-order valence-corrected chi connectivity index (χ3v) is 4.54. The third-order valence-electron chi connectivity index (χ3n) is 4.54. The second-order valence-corrected chi connectivity index (χ2v) is 6.27. The summed E-state index contributed by atoms with van der Waals surface area (Å²) in [4.78, 5) is 21.3. The van der Waals surface area contributed by atoms with Crippen LogP contribution in [0, 0.1) is 0 Å². The van der Waals surface area contributed by atoms with Crippen molar-refractivity contribution < 1.29 is 9.53 Å². The van der Waals surface area contributed by atoms with Crippen LogP contribution in [-0.4, -0.2) is 28.9 Å². The van der Waals surface area contributed by atoms with E-state index >= 15 is 0 Å². The molecule has 0 radical (unpaired) electrons. The average molecular weight is 309 g/mol. The first-order chi connectivity index (χ1) is 11.2. The first-order valence-electron chi connectivity index (χ1n) is 8.02. The molecule has 1 aromatic carbocycles. The van der Waals surface area contributed by atoms with Crippen LogP contribution in [0.4, 0.5) is 5.95 Å². The van der Waals surface area contributed by atoms with Crippen molar-refractivity contribution in [1.29, 1.82) is 0 Å². The van der Waals surface area contributed by atoms with E-state index in [1.54, 1.807) is 13.3 Å². The zero-order chi connectivity index (χ0) is 15.8. The van der Waals surface area contributed by atoms with Crippen LogP contribution in [-0.2, 0) is 6.42 Å². The number of carbonyl (C=O) groups is 1. The molecule has 1 atom stereocenters. The number of fused-ring (bicyclic) bond motifs is 1. The Morgan fingerprint density at radius 2 is 1.96 bits per heavy atom. The Bertz CT molecular complexity index is 738. The highest BCUT2D eigenvalue weighted by molar-refractivity contribution is 5.98. The van der Waals surface area contributed by atoms with Crippen molar-refractivity contribution in [3.8, 4) is 5.75 Å². The van der Waals surface area contributed by atoms with Crippen LogP contribution < -0.4 is 10.1 Å². The standard InChI is InChI=1S/C18H19N3O2/c1-23-14-6-2-11(3-7-14)12-8-16-15(17(22)9-12)10-19-18(21-16)20-13-4-5-13/h2-3,6-7,10,12-13H,4-5,8-9H2,1H3,(H,19,20,21)/t12-/m1/s1. The number of ether oxygens (including phenoxy) is 1. The molecule has 1 N–H and O–H groups in total. The molecule has 4 rings (SSSR count). The number of methoxy groups -OCH3 is 1. The molecule has 0 spiro atoms. The average Bonchev–Trinajstić information content (AvgIpc) is 3.38. The van der Waals surface area contributed by atoms with E-state index in [0.29, 0.717) is 24.0 Å². The number of rotatable bonds is 4. The third kappa shape index (κ3) is 2.91. The fourth-order valence-corrected chi connectivity index (χ4v) is 3.04. The summed E-state index contributed by atoms with van der Waals surface area (Å²) in [5, 5.41) is 3.30. The Labute approximate surface area is 135 Å². The van der Waals surface area contributed by atoms with Gasteiger partial charge in [-0.25, -0.2) is 9.97 Å². The fourth-order valence-electron chi connectivity index (χ4n) is 3.04. The number of hydrogen-bond donors (Lipinski definition) is 1. The van der Waals surface area contributed by atoms with Crippen molar-refractivity contribution in [2.24, 2.45) is 0 Å². The van der Waals surface area contributed by atoms with Crippen molar-refractivity contribution in [2.45, 2.75) is 37.6 Å². The maximum atomic E-state index is 12.4. The van der Waals surface area contributed by atoms with E-state index in [-0.39, 0.29) is 11.7 Å². The van der Waals surface area contributed by atoms with Gasteiger partial charge in [0.05, 0.1) is 18.4 Å². The lowest BCUT2D eigenvalue weighted by Gasteiger charge is -2.23. The van der Waals surface area contributed by atoms with Crippen molar-refractivity contribution >= 4 is 11.7 Å². The van der Waals surface area contributed by atoms with Gasteiger partial charge in [0, 0.05) is 18.7 Å². The van der Waals surface area contributed by atoms with Gasteiger partial charge < -0.3 is 10.1 Å². The molecule has 5 heteroatoms. The molecule has 0 aliphatic heterocycles. The van der Waals surface area contributed by atoms with Gasteiger partial charge in [-0.1, -0.05) is 12.1 Å². The van der Waals surface area contributed by atoms with Crippen LogP contribution in [0.1, 0.15) is 46.8 Å². The molecule has 0 saturated heterocycles. The molecule has 1 fully saturated rings. The number of Topliss-reactive ketones (excluding diaryl/α,β-unsaturated/α-hetero) is 1. The highest BCUT2D eigenvalue weighted by Gasteiger charge is 2.29. The van der Waals surface area contributed by atoms with E-state index in [0.717, 1.165) is 23.4 Å². The number of nitrogens with one attached hydrogen (secondary N) is 1. The molecule has 0 bridgehead atoms. The molecule has 2 aliphatic carbocycles. The molecule has 2 aliphatic rings. The maximum absolute atomic E-state index is 12.4. The lowest BCUT2D eigenvalue weighted by molar-refractivity contribution is 0.0962. The van der Waals surface area contributed by atoms with Gasteiger partial charge in [-0.05, 0) is 42.9 Å². The van der Waals surface area contributed by atoms with Crippen LogP contribution in [0.15, 0.2) is 30.5 Å². The van der Waals surface area contributed by atoms with Gasteiger partial charge >= 0.3 is 0 Å². The zero-order valence-electron chi connectivity index (χ0n) is 13.1. The Hall–Kier alpha value is -2.43. The SMILES string of the molecule is COc1ccc([C@H]2CC(=O)c3cnc(NC4CC4)nc3C2)cc1. The number of anilines is 1. The van der Waals surface area contributed by atoms with Crippen LogP contribution in [0.5, 0.6) is 5.75 Å². The summed E-state index contributed by atoms with van der Waals surface area (Å²) < 4.78 is 5.20. The monoisotopic (exact) mass is 309 g/mol. The summed E-state index contributed by atoms with van der Waals surface area (Å²) in [6.07, 6.45) is 5.31. The zero-order valence-corrected chi connectivity index (χ0v) is 13.1. The summed E-state index contributed by atoms with van der Waals surface area (Å²) in [5.41, 5.74) is 2.69. The minimum atomic E-state index is 0.130. The van der Waals surface area contributed by atoms with Gasteiger partial charge in [0.1, 0.15) is 5.75 Å². The predicted molar refractivity (Wildman–Crippen MR) is 87.1 cm³/mol. The Balaban J connectivity index is 1.59. The largest absolute Gasteiger partial charge is 0.497 e. The summed E-state index contributed by atoms with van der Waals surface area (Å²) in [7, 11) is 1.65. The number of carbonyl (C=O) groups excluding carboxylic acids is 1. The summed E-state index contributed by atoms with van der Waals surface area (Å²) in [6.45, 7) is 0. The number of hydrogen-bond acceptors (Lipinski definition) is 5. The summed E-state index contributed by atoms with van der Waals surface area (Å²) >= 11 is 0. The predicted octanol–water partition coefficient (Wildman–Crippen LogP) is 2.97. The van der Waals surface area contributed by atoms with E-state index in [4.69, 9.17) is 4.74 Å². The van der Waals surface area contributed by atoms with E-state index in [9.17, 15) is 4.79 Å². The minimum Gasteiger partial charge on any atom is -0.497 e. The Morgan fingerprint density at radius 3 is 2.65 bits per heavy atom. The number of benzene rings is 1. The lowest BCUT2D eigenvalue weighted by Crippen LogP contribution is -2.21. The summed E-state index contributed by atoms with van der Waals surface area (Å²) in [5.74, 6) is 1.78. The van der Waals surface area contributed by atoms with E-state index in [2.05, 4.69) is 15.3 Å². The smallest absolute Gasteiger partial charge is 0.223 e. The van der Waals surface area contributed by atoms with E-state index < -0.39 is 0 Å². The molecule has 1 saturated carbocycles. The maximum Gasteiger partial charge on any atom is 0.223 e. The first-order valence-corrected chi connectivity index (χ1v) is 8.02. The quantitative estimate of drug-likeness (QED) is 0.940. The van der Waals surface area contributed by atoms with Gasteiger partial charge in [-0.2, -0.15) is 0 Å². The van der Waals surface area contributed by atoms with Crippen LogP contribution in [0.3, 0.4) is 0 Å². The van der Waals surface area contributed by atoms with E-state index in [1.165, 1.54) is 12.8 Å². The fraction of sp³-hybridized carbons (Fsp3) is 0.389.